The summed E-state index contributed by atoms with van der Waals surface area (Å²) in [6.07, 6.45) is 2.60. The van der Waals surface area contributed by atoms with Crippen molar-refractivity contribution in [2.24, 2.45) is 5.92 Å². The van der Waals surface area contributed by atoms with Crippen LogP contribution < -0.4 is 5.32 Å². The number of hydrogen-bond acceptors (Lipinski definition) is 2. The first-order valence-corrected chi connectivity index (χ1v) is 7.67. The van der Waals surface area contributed by atoms with E-state index in [-0.39, 0.29) is 12.4 Å². The summed E-state index contributed by atoms with van der Waals surface area (Å²) in [6, 6.07) is 6.06. The van der Waals surface area contributed by atoms with E-state index in [1.54, 1.807) is 0 Å². The van der Waals surface area contributed by atoms with Gasteiger partial charge in [-0.2, -0.15) is 0 Å². The molecule has 1 aromatic carbocycles. The number of nitrogens with zero attached hydrogens (tertiary/aromatic N) is 1. The molecule has 1 aromatic rings. The van der Waals surface area contributed by atoms with Gasteiger partial charge in [0.05, 0.1) is 0 Å². The van der Waals surface area contributed by atoms with Crippen LogP contribution in [-0.4, -0.2) is 31.6 Å². The lowest BCUT2D eigenvalue weighted by Gasteiger charge is -2.32. The first kappa shape index (κ1) is 17.3. The average molecular weight is 368 g/mol. The van der Waals surface area contributed by atoms with Crippen molar-refractivity contribution in [1.82, 2.24) is 10.2 Å². The molecule has 1 aliphatic rings. The van der Waals surface area contributed by atoms with Crippen LogP contribution in [0, 0.1) is 5.92 Å². The van der Waals surface area contributed by atoms with E-state index >= 15 is 0 Å². The second-order valence-corrected chi connectivity index (χ2v) is 6.30. The second-order valence-electron chi connectivity index (χ2n) is 5.01. The van der Waals surface area contributed by atoms with Crippen molar-refractivity contribution in [3.63, 3.8) is 0 Å². The van der Waals surface area contributed by atoms with Crippen molar-refractivity contribution in [2.75, 3.05) is 26.7 Å². The van der Waals surface area contributed by atoms with Crippen LogP contribution in [0.5, 0.6) is 0 Å². The molecule has 0 atom stereocenters. The highest BCUT2D eigenvalue weighted by Gasteiger charge is 2.19. The third-order valence-electron chi connectivity index (χ3n) is 3.61. The maximum atomic E-state index is 5.96. The second kappa shape index (κ2) is 8.48. The molecule has 1 aliphatic heterocycles. The van der Waals surface area contributed by atoms with Crippen LogP contribution in [0.4, 0.5) is 0 Å². The van der Waals surface area contributed by atoms with E-state index in [1.165, 1.54) is 31.5 Å². The fraction of sp³-hybridized carbons (Fsp3) is 0.571. The maximum Gasteiger partial charge on any atom is 0.0417 e. The summed E-state index contributed by atoms with van der Waals surface area (Å²) in [5, 5.41) is 4.07. The predicted molar refractivity (Wildman–Crippen MR) is 88.3 cm³/mol. The Hall–Kier alpha value is 0.200. The molecular weight excluding hydrogens is 347 g/mol. The smallest absolute Gasteiger partial charge is 0.0417 e. The van der Waals surface area contributed by atoms with Crippen molar-refractivity contribution in [3.05, 3.63) is 33.3 Å². The Kier molecular flexibility index (Phi) is 7.70. The minimum absolute atomic E-state index is 0. The molecular formula is C14H21BrCl2N2. The Morgan fingerprint density at radius 2 is 2.05 bits per heavy atom. The highest BCUT2D eigenvalue weighted by molar-refractivity contribution is 9.10. The van der Waals surface area contributed by atoms with Gasteiger partial charge in [-0.1, -0.05) is 33.6 Å². The Bertz CT molecular complexity index is 393. The van der Waals surface area contributed by atoms with Crippen molar-refractivity contribution >= 4 is 39.9 Å². The molecule has 0 bridgehead atoms. The van der Waals surface area contributed by atoms with Crippen LogP contribution in [0.1, 0.15) is 18.4 Å². The number of benzene rings is 1. The lowest BCUT2D eigenvalue weighted by atomic mass is 9.96. The first-order chi connectivity index (χ1) is 8.69. The van der Waals surface area contributed by atoms with Gasteiger partial charge in [-0.25, -0.2) is 0 Å². The Labute approximate surface area is 135 Å². The zero-order chi connectivity index (χ0) is 13.0. The van der Waals surface area contributed by atoms with Gasteiger partial charge >= 0.3 is 0 Å². The lowest BCUT2D eigenvalue weighted by molar-refractivity contribution is 0.176. The van der Waals surface area contributed by atoms with Gasteiger partial charge in [-0.15, -0.1) is 12.4 Å². The number of hydrogen-bond donors (Lipinski definition) is 1. The minimum Gasteiger partial charge on any atom is -0.319 e. The number of nitrogens with one attached hydrogen (secondary N) is 1. The highest BCUT2D eigenvalue weighted by Crippen LogP contribution is 2.25. The third kappa shape index (κ3) is 5.24. The lowest BCUT2D eigenvalue weighted by Crippen LogP contribution is -2.36. The van der Waals surface area contributed by atoms with Crippen LogP contribution in [0.3, 0.4) is 0 Å². The van der Waals surface area contributed by atoms with Crippen molar-refractivity contribution in [1.29, 1.82) is 0 Å². The van der Waals surface area contributed by atoms with Crippen molar-refractivity contribution in [3.8, 4) is 0 Å². The van der Waals surface area contributed by atoms with E-state index in [1.807, 2.05) is 19.2 Å². The standard InChI is InChI=1S/C14H20BrClN2.ClH/c1-17-9-11-4-6-18(7-5-11)10-12-2-3-13(16)8-14(12)15;/h2-3,8,11,17H,4-7,9-10H2,1H3;1H. The average Bonchev–Trinajstić information content (AvgIpc) is 2.35. The molecule has 1 fully saturated rings. The van der Waals surface area contributed by atoms with Gasteiger partial charge in [-0.05, 0) is 63.1 Å². The van der Waals surface area contributed by atoms with Crippen LogP contribution in [0.15, 0.2) is 22.7 Å². The molecule has 0 spiro atoms. The summed E-state index contributed by atoms with van der Waals surface area (Å²) >= 11 is 9.55. The van der Waals surface area contributed by atoms with Gasteiger partial charge in [-0.3, -0.25) is 4.90 Å². The molecule has 5 heteroatoms. The Morgan fingerprint density at radius 1 is 1.37 bits per heavy atom. The van der Waals surface area contributed by atoms with E-state index in [2.05, 4.69) is 32.2 Å². The highest BCUT2D eigenvalue weighted by atomic mass is 79.9. The normalized spacial score (nSPS) is 17.2. The summed E-state index contributed by atoms with van der Waals surface area (Å²) in [4.78, 5) is 2.53. The predicted octanol–water partition coefficient (Wildman–Crippen LogP) is 3.96. The topological polar surface area (TPSA) is 15.3 Å². The van der Waals surface area contributed by atoms with E-state index in [0.29, 0.717) is 0 Å². The number of likely N-dealkylation sites (tertiary alicyclic amines) is 1. The molecule has 2 nitrogen and oxygen atoms in total. The minimum atomic E-state index is 0. The SMILES string of the molecule is CNCC1CCN(Cc2ccc(Cl)cc2Br)CC1.Cl. The molecule has 1 heterocycles. The summed E-state index contributed by atoms with van der Waals surface area (Å²) in [5.41, 5.74) is 1.33. The zero-order valence-corrected chi connectivity index (χ0v) is 14.3. The maximum absolute atomic E-state index is 5.96. The molecule has 0 aliphatic carbocycles. The van der Waals surface area contributed by atoms with Crippen LogP contribution in [0.25, 0.3) is 0 Å². The molecule has 0 aromatic heterocycles. The van der Waals surface area contributed by atoms with Crippen LogP contribution >= 0.6 is 39.9 Å². The van der Waals surface area contributed by atoms with E-state index in [4.69, 9.17) is 11.6 Å². The third-order valence-corrected chi connectivity index (χ3v) is 4.58. The van der Waals surface area contributed by atoms with Gasteiger partial charge in [0.2, 0.25) is 0 Å². The molecule has 19 heavy (non-hydrogen) atoms. The van der Waals surface area contributed by atoms with Crippen LogP contribution in [-0.2, 0) is 6.54 Å². The quantitative estimate of drug-likeness (QED) is 0.866. The Balaban J connectivity index is 0.00000180. The molecule has 1 saturated heterocycles. The summed E-state index contributed by atoms with van der Waals surface area (Å²) in [7, 11) is 2.04. The first-order valence-electron chi connectivity index (χ1n) is 6.50. The number of halogens is 3. The molecule has 1 N–H and O–H groups in total. The fourth-order valence-electron chi connectivity index (χ4n) is 2.53. The Morgan fingerprint density at radius 3 is 2.63 bits per heavy atom. The van der Waals surface area contributed by atoms with Crippen molar-refractivity contribution in [2.45, 2.75) is 19.4 Å². The largest absolute Gasteiger partial charge is 0.319 e. The van der Waals surface area contributed by atoms with E-state index in [0.717, 1.165) is 28.5 Å². The fourth-order valence-corrected chi connectivity index (χ4v) is 3.34. The van der Waals surface area contributed by atoms with Crippen LogP contribution in [0.2, 0.25) is 5.02 Å². The number of rotatable bonds is 4. The molecule has 0 saturated carbocycles. The van der Waals surface area contributed by atoms with Gasteiger partial charge in [0.15, 0.2) is 0 Å². The van der Waals surface area contributed by atoms with Gasteiger partial charge in [0, 0.05) is 16.0 Å². The van der Waals surface area contributed by atoms with E-state index < -0.39 is 0 Å². The van der Waals surface area contributed by atoms with Gasteiger partial charge in [0.25, 0.3) is 0 Å². The van der Waals surface area contributed by atoms with Gasteiger partial charge < -0.3 is 5.32 Å². The van der Waals surface area contributed by atoms with Crippen molar-refractivity contribution < 1.29 is 0 Å². The molecule has 108 valence electrons. The molecule has 0 amide bonds. The van der Waals surface area contributed by atoms with E-state index in [9.17, 15) is 0 Å². The molecule has 2 rings (SSSR count). The summed E-state index contributed by atoms with van der Waals surface area (Å²) in [5.74, 6) is 0.847. The van der Waals surface area contributed by atoms with Gasteiger partial charge in [0.1, 0.15) is 0 Å². The summed E-state index contributed by atoms with van der Waals surface area (Å²) in [6.45, 7) is 4.56. The zero-order valence-electron chi connectivity index (χ0n) is 11.2. The molecule has 0 unspecified atom stereocenters. The molecule has 0 radical (unpaired) electrons. The number of piperidine rings is 1. The summed E-state index contributed by atoms with van der Waals surface area (Å²) < 4.78 is 1.12. The monoisotopic (exact) mass is 366 g/mol.